The van der Waals surface area contributed by atoms with Crippen molar-refractivity contribution in [2.75, 3.05) is 0 Å². The van der Waals surface area contributed by atoms with Gasteiger partial charge >= 0.3 is 0 Å². The Morgan fingerprint density at radius 2 is 1.77 bits per heavy atom. The van der Waals surface area contributed by atoms with Gasteiger partial charge in [-0.25, -0.2) is 0 Å². The Bertz CT molecular complexity index is 1990. The molecular formula is C31H20N2O2. The quantitative estimate of drug-likeness (QED) is 0.251. The van der Waals surface area contributed by atoms with E-state index in [4.69, 9.17) is 13.3 Å². The van der Waals surface area contributed by atoms with E-state index in [1.807, 2.05) is 66.7 Å². The number of aromatic nitrogens is 2. The summed E-state index contributed by atoms with van der Waals surface area (Å²) in [5, 5.41) is 4.83. The molecule has 35 heavy (non-hydrogen) atoms. The smallest absolute Gasteiger partial charge is 0.147 e. The zero-order valence-electron chi connectivity index (χ0n) is 21.5. The minimum atomic E-state index is -2.19. The monoisotopic (exact) mass is 455 g/mol. The number of benzene rings is 4. The highest BCUT2D eigenvalue weighted by Gasteiger charge is 2.18. The molecule has 7 rings (SSSR count). The van der Waals surface area contributed by atoms with Crippen molar-refractivity contribution in [1.82, 2.24) is 9.97 Å². The normalized spacial score (nSPS) is 13.2. The highest BCUT2D eigenvalue weighted by Crippen LogP contribution is 2.43. The number of fused-ring (bicyclic) bond motifs is 7. The molecule has 0 saturated heterocycles. The molecule has 0 bridgehead atoms. The van der Waals surface area contributed by atoms with Crippen molar-refractivity contribution in [3.05, 3.63) is 109 Å². The molecule has 0 unspecified atom stereocenters. The van der Waals surface area contributed by atoms with Crippen LogP contribution in [0, 0.1) is 6.85 Å². The first-order valence-corrected chi connectivity index (χ1v) is 11.3. The Labute approximate surface area is 205 Å². The van der Waals surface area contributed by atoms with Crippen molar-refractivity contribution in [3.63, 3.8) is 0 Å². The number of furan rings is 1. The fraction of sp³-hybridized carbons (Fsp3) is 0.0323. The average Bonchev–Trinajstić information content (AvgIpc) is 3.33. The first-order chi connectivity index (χ1) is 18.5. The maximum Gasteiger partial charge on any atom is 0.147 e. The Kier molecular flexibility index (Phi) is 3.69. The fourth-order valence-electron chi connectivity index (χ4n) is 4.69. The van der Waals surface area contributed by atoms with Crippen molar-refractivity contribution in [2.45, 2.75) is 6.85 Å². The molecule has 7 aromatic rings. The molecule has 0 atom stereocenters. The van der Waals surface area contributed by atoms with Gasteiger partial charge in [0.05, 0.1) is 16.6 Å². The maximum atomic E-state index is 7.59. The second-order valence-corrected chi connectivity index (χ2v) is 8.47. The molecule has 0 saturated carbocycles. The summed E-state index contributed by atoms with van der Waals surface area (Å²) in [7, 11) is 0. The first kappa shape index (κ1) is 16.8. The van der Waals surface area contributed by atoms with Gasteiger partial charge in [0.15, 0.2) is 0 Å². The molecule has 4 heteroatoms. The molecule has 4 nitrogen and oxygen atoms in total. The first-order valence-electron chi connectivity index (χ1n) is 12.8. The molecule has 0 fully saturated rings. The van der Waals surface area contributed by atoms with Gasteiger partial charge in [0, 0.05) is 43.6 Å². The number of rotatable bonds is 3. The zero-order valence-corrected chi connectivity index (χ0v) is 18.5. The highest BCUT2D eigenvalue weighted by atomic mass is 16.5. The summed E-state index contributed by atoms with van der Waals surface area (Å²) in [6.45, 7) is -2.19. The van der Waals surface area contributed by atoms with Gasteiger partial charge in [-0.3, -0.25) is 9.97 Å². The van der Waals surface area contributed by atoms with Gasteiger partial charge in [-0.15, -0.1) is 0 Å². The summed E-state index contributed by atoms with van der Waals surface area (Å²) >= 11 is 0. The average molecular weight is 456 g/mol. The molecule has 3 heterocycles. The van der Waals surface area contributed by atoms with Crippen LogP contribution >= 0.6 is 0 Å². The molecule has 0 amide bonds. The molecule has 3 aromatic heterocycles. The van der Waals surface area contributed by atoms with Crippen LogP contribution in [0.2, 0.25) is 0 Å². The van der Waals surface area contributed by atoms with E-state index in [1.54, 1.807) is 18.3 Å². The van der Waals surface area contributed by atoms with Crippen molar-refractivity contribution in [2.24, 2.45) is 0 Å². The van der Waals surface area contributed by atoms with Gasteiger partial charge in [0.2, 0.25) is 0 Å². The highest BCUT2D eigenvalue weighted by molar-refractivity contribution is 6.22. The Morgan fingerprint density at radius 1 is 0.800 bits per heavy atom. The number of ether oxygens (including phenoxy) is 1. The fourth-order valence-corrected chi connectivity index (χ4v) is 4.69. The lowest BCUT2D eigenvalue weighted by molar-refractivity contribution is 0.489. The van der Waals surface area contributed by atoms with Crippen LogP contribution in [0.3, 0.4) is 0 Å². The Balaban J connectivity index is 1.40. The number of nitrogens with zero attached hydrogens (tertiary/aromatic N) is 2. The third-order valence-corrected chi connectivity index (χ3v) is 6.30. The van der Waals surface area contributed by atoms with Crippen LogP contribution in [-0.4, -0.2) is 9.97 Å². The molecule has 0 aliphatic carbocycles. The minimum absolute atomic E-state index is 0.208. The molecule has 0 spiro atoms. The van der Waals surface area contributed by atoms with E-state index in [0.29, 0.717) is 17.2 Å². The second kappa shape index (κ2) is 7.67. The van der Waals surface area contributed by atoms with Crippen LogP contribution in [-0.2, 0) is 0 Å². The lowest BCUT2D eigenvalue weighted by Crippen LogP contribution is -1.90. The third-order valence-electron chi connectivity index (χ3n) is 6.30. The van der Waals surface area contributed by atoms with E-state index >= 15 is 0 Å². The van der Waals surface area contributed by atoms with Crippen LogP contribution in [0.5, 0.6) is 11.5 Å². The summed E-state index contributed by atoms with van der Waals surface area (Å²) in [4.78, 5) is 9.03. The summed E-state index contributed by atoms with van der Waals surface area (Å²) in [6.07, 6.45) is 3.19. The van der Waals surface area contributed by atoms with Crippen molar-refractivity contribution in [1.29, 1.82) is 0 Å². The van der Waals surface area contributed by atoms with E-state index in [9.17, 15) is 0 Å². The summed E-state index contributed by atoms with van der Waals surface area (Å²) in [6, 6.07) is 29.0. The molecule has 0 aliphatic heterocycles. The third kappa shape index (κ3) is 3.22. The zero-order chi connectivity index (χ0) is 25.9. The Morgan fingerprint density at radius 3 is 2.69 bits per heavy atom. The molecule has 166 valence electrons. The number of aryl methyl sites for hydroxylation is 1. The maximum absolute atomic E-state index is 7.59. The van der Waals surface area contributed by atoms with Gasteiger partial charge in [-0.1, -0.05) is 48.5 Å². The van der Waals surface area contributed by atoms with E-state index in [2.05, 4.69) is 22.1 Å². The SMILES string of the molecule is [2H]C([2H])([2H])c1ccc(-c2cccc(Oc3cc4c(ccc5cccnc54)c4oc5ccccc5c34)c2)nc1. The van der Waals surface area contributed by atoms with E-state index in [-0.39, 0.29) is 5.56 Å². The van der Waals surface area contributed by atoms with Crippen LogP contribution in [0.4, 0.5) is 0 Å². The number of para-hydroxylation sites is 1. The summed E-state index contributed by atoms with van der Waals surface area (Å²) < 4.78 is 35.7. The van der Waals surface area contributed by atoms with E-state index in [0.717, 1.165) is 49.2 Å². The van der Waals surface area contributed by atoms with Crippen molar-refractivity contribution in [3.8, 4) is 22.8 Å². The molecule has 0 radical (unpaired) electrons. The molecule has 0 N–H and O–H groups in total. The van der Waals surface area contributed by atoms with Gasteiger partial charge in [0.25, 0.3) is 0 Å². The van der Waals surface area contributed by atoms with Crippen LogP contribution in [0.25, 0.3) is 54.9 Å². The summed E-state index contributed by atoms with van der Waals surface area (Å²) in [5.41, 5.74) is 4.11. The predicted molar refractivity (Wildman–Crippen MR) is 141 cm³/mol. The number of hydrogen-bond acceptors (Lipinski definition) is 4. The van der Waals surface area contributed by atoms with Crippen molar-refractivity contribution >= 4 is 43.6 Å². The molecule has 0 aliphatic rings. The molecular weight excluding hydrogens is 432 g/mol. The van der Waals surface area contributed by atoms with Crippen LogP contribution in [0.1, 0.15) is 9.68 Å². The van der Waals surface area contributed by atoms with E-state index < -0.39 is 6.85 Å². The Hall–Kier alpha value is -4.70. The van der Waals surface area contributed by atoms with Crippen LogP contribution < -0.4 is 4.74 Å². The summed E-state index contributed by atoms with van der Waals surface area (Å²) in [5.74, 6) is 1.29. The van der Waals surface area contributed by atoms with E-state index in [1.165, 1.54) is 6.20 Å². The number of pyridine rings is 2. The second-order valence-electron chi connectivity index (χ2n) is 8.47. The largest absolute Gasteiger partial charge is 0.457 e. The van der Waals surface area contributed by atoms with Crippen LogP contribution in [0.15, 0.2) is 108 Å². The van der Waals surface area contributed by atoms with Gasteiger partial charge in [0.1, 0.15) is 22.7 Å². The van der Waals surface area contributed by atoms with Gasteiger partial charge in [-0.05, 0) is 54.9 Å². The lowest BCUT2D eigenvalue weighted by Gasteiger charge is -2.11. The van der Waals surface area contributed by atoms with Gasteiger partial charge < -0.3 is 9.15 Å². The van der Waals surface area contributed by atoms with Crippen molar-refractivity contribution < 1.29 is 13.3 Å². The predicted octanol–water partition coefficient (Wildman–Crippen LogP) is 8.45. The van der Waals surface area contributed by atoms with Gasteiger partial charge in [-0.2, -0.15) is 0 Å². The standard InChI is InChI=1S/C31H20N2O2/c1-19-11-14-26(33-18-19)21-6-4-8-22(16-21)34-28-17-25-23(13-12-20-7-5-15-32-30(20)25)31-29(28)24-9-2-3-10-27(24)35-31/h2-18H,1H3/i1D3. The lowest BCUT2D eigenvalue weighted by atomic mass is 10.0. The minimum Gasteiger partial charge on any atom is -0.457 e. The number of hydrogen-bond donors (Lipinski definition) is 0. The topological polar surface area (TPSA) is 48.2 Å². The molecule has 4 aromatic carbocycles.